The van der Waals surface area contributed by atoms with Crippen molar-refractivity contribution in [2.45, 2.75) is 96.9 Å². The molecule has 8 aromatic rings. The van der Waals surface area contributed by atoms with E-state index in [9.17, 15) is 0 Å². The van der Waals surface area contributed by atoms with Gasteiger partial charge in [-0.3, -0.25) is 0 Å². The van der Waals surface area contributed by atoms with Crippen LogP contribution in [0.25, 0.3) is 60.6 Å². The van der Waals surface area contributed by atoms with Gasteiger partial charge in [0, 0.05) is 58.3 Å². The van der Waals surface area contributed by atoms with Crippen LogP contribution in [0.3, 0.4) is 0 Å². The Bertz CT molecular complexity index is 2710. The Hall–Kier alpha value is -5.28. The Morgan fingerprint density at radius 2 is 1.48 bits per heavy atom. The van der Waals surface area contributed by atoms with Crippen molar-refractivity contribution in [1.29, 1.82) is 0 Å². The monoisotopic (exact) mass is 708 g/mol. The third-order valence-electron chi connectivity index (χ3n) is 13.4. The van der Waals surface area contributed by atoms with E-state index in [0.717, 1.165) is 30.4 Å². The molecule has 0 aliphatic carbocycles. The zero-order chi connectivity index (χ0) is 37.2. The van der Waals surface area contributed by atoms with Crippen LogP contribution in [0.15, 0.2) is 132 Å². The van der Waals surface area contributed by atoms with Crippen LogP contribution in [0.4, 0.5) is 0 Å². The maximum absolute atomic E-state index is 6.76. The SMILES string of the molecule is CCCCC(C)c1cc2[n+](cc1-c1ccccc1)C(C)(CC)C(CC)(Cc1c[n+]3cc(C)ccc3c3c1ccc1c4ccccc4oc13)c1ccccc1-2. The maximum Gasteiger partial charge on any atom is 0.222 e. The molecule has 0 saturated carbocycles. The molecule has 3 unspecified atom stereocenters. The van der Waals surface area contributed by atoms with Crippen molar-refractivity contribution in [2.24, 2.45) is 0 Å². The van der Waals surface area contributed by atoms with E-state index in [2.05, 4.69) is 178 Å². The molecular weight excluding hydrogens is 657 g/mol. The lowest BCUT2D eigenvalue weighted by molar-refractivity contribution is -0.765. The second-order valence-corrected chi connectivity index (χ2v) is 16.2. The van der Waals surface area contributed by atoms with Gasteiger partial charge in [0.15, 0.2) is 24.1 Å². The van der Waals surface area contributed by atoms with Crippen LogP contribution < -0.4 is 8.97 Å². The highest BCUT2D eigenvalue weighted by Gasteiger charge is 2.59. The van der Waals surface area contributed by atoms with Crippen LogP contribution >= 0.6 is 0 Å². The Morgan fingerprint density at radius 1 is 0.722 bits per heavy atom. The van der Waals surface area contributed by atoms with Crippen LogP contribution in [0.5, 0.6) is 0 Å². The first-order chi connectivity index (χ1) is 26.3. The molecular formula is C51H52N2O+2. The molecule has 9 rings (SSSR count). The van der Waals surface area contributed by atoms with E-state index in [1.54, 1.807) is 0 Å². The Morgan fingerprint density at radius 3 is 2.28 bits per heavy atom. The van der Waals surface area contributed by atoms with Crippen molar-refractivity contribution in [3.63, 3.8) is 0 Å². The molecule has 0 bridgehead atoms. The number of pyridine rings is 3. The summed E-state index contributed by atoms with van der Waals surface area (Å²) in [6.07, 6.45) is 13.8. The molecule has 0 N–H and O–H groups in total. The van der Waals surface area contributed by atoms with Gasteiger partial charge in [-0.05, 0) is 73.1 Å². The molecule has 54 heavy (non-hydrogen) atoms. The minimum Gasteiger partial charge on any atom is -0.455 e. The molecule has 4 aromatic heterocycles. The van der Waals surface area contributed by atoms with Gasteiger partial charge < -0.3 is 4.42 Å². The maximum atomic E-state index is 6.76. The predicted molar refractivity (Wildman–Crippen MR) is 224 cm³/mol. The van der Waals surface area contributed by atoms with E-state index in [1.165, 1.54) is 91.0 Å². The normalized spacial score (nSPS) is 18.7. The molecule has 0 saturated heterocycles. The molecule has 1 aliphatic rings. The van der Waals surface area contributed by atoms with Crippen molar-refractivity contribution in [3.05, 3.63) is 150 Å². The molecule has 3 nitrogen and oxygen atoms in total. The number of hydrogen-bond acceptors (Lipinski definition) is 1. The summed E-state index contributed by atoms with van der Waals surface area (Å²) >= 11 is 0. The third kappa shape index (κ3) is 5.08. The van der Waals surface area contributed by atoms with Crippen molar-refractivity contribution < 1.29 is 13.4 Å². The van der Waals surface area contributed by atoms with Gasteiger partial charge in [-0.25, -0.2) is 0 Å². The van der Waals surface area contributed by atoms with Crippen molar-refractivity contribution >= 4 is 38.2 Å². The number of benzene rings is 4. The standard InChI is InChI=1S/C51H52N2O/c1-7-10-18-35(5)42-29-46-41-22-14-16-23-44(41)51(9-3,50(6,8-2)53(46)33-43(42)36-19-12-11-13-20-36)30-37-32-52-31-34(4)25-28-45(52)48-38(37)26-27-40-39-21-15-17-24-47(39)54-49(40)48/h11-17,19-29,31-33,35H,7-10,18,30H2,1-6H3/q+2. The zero-order valence-electron chi connectivity index (χ0n) is 32.7. The summed E-state index contributed by atoms with van der Waals surface area (Å²) in [4.78, 5) is 0. The molecule has 0 spiro atoms. The molecule has 5 heterocycles. The first-order valence-corrected chi connectivity index (χ1v) is 20.2. The first kappa shape index (κ1) is 34.5. The number of aryl methyl sites for hydroxylation is 1. The summed E-state index contributed by atoms with van der Waals surface area (Å²) in [7, 11) is 0. The quantitative estimate of drug-likeness (QED) is 0.108. The van der Waals surface area contributed by atoms with Crippen LogP contribution in [0.1, 0.15) is 94.9 Å². The summed E-state index contributed by atoms with van der Waals surface area (Å²) in [5.74, 6) is 0.462. The average molecular weight is 709 g/mol. The molecule has 3 heteroatoms. The Kier molecular flexibility index (Phi) is 8.45. The van der Waals surface area contributed by atoms with Gasteiger partial charge in [-0.15, -0.1) is 0 Å². The lowest BCUT2D eigenvalue weighted by Gasteiger charge is -2.48. The summed E-state index contributed by atoms with van der Waals surface area (Å²) in [5.41, 5.74) is 13.5. The number of aromatic nitrogens is 2. The number of unbranched alkanes of at least 4 members (excludes halogenated alkanes) is 1. The fourth-order valence-electron chi connectivity index (χ4n) is 10.2. The fraction of sp³-hybridized carbons (Fsp3) is 0.294. The highest BCUT2D eigenvalue weighted by molar-refractivity contribution is 6.19. The minimum absolute atomic E-state index is 0.201. The molecule has 3 atom stereocenters. The number of rotatable bonds is 9. The molecule has 1 aliphatic heterocycles. The smallest absolute Gasteiger partial charge is 0.222 e. The van der Waals surface area contributed by atoms with Gasteiger partial charge in [0.1, 0.15) is 11.2 Å². The van der Waals surface area contributed by atoms with Crippen molar-refractivity contribution in [3.8, 4) is 22.4 Å². The molecule has 270 valence electrons. The van der Waals surface area contributed by atoms with Gasteiger partial charge in [0.2, 0.25) is 11.2 Å². The third-order valence-corrected chi connectivity index (χ3v) is 13.4. The number of fused-ring (bicyclic) bond motifs is 10. The zero-order valence-corrected chi connectivity index (χ0v) is 32.7. The highest BCUT2D eigenvalue weighted by Crippen LogP contribution is 2.53. The lowest BCUT2D eigenvalue weighted by atomic mass is 9.57. The topological polar surface area (TPSA) is 21.1 Å². The predicted octanol–water partition coefficient (Wildman–Crippen LogP) is 12.7. The van der Waals surface area contributed by atoms with Gasteiger partial charge >= 0.3 is 0 Å². The number of hydrogen-bond donors (Lipinski definition) is 0. The number of furan rings is 1. The van der Waals surface area contributed by atoms with E-state index in [0.29, 0.717) is 5.92 Å². The average Bonchev–Trinajstić information content (AvgIpc) is 3.60. The van der Waals surface area contributed by atoms with Gasteiger partial charge in [-0.1, -0.05) is 113 Å². The van der Waals surface area contributed by atoms with E-state index in [-0.39, 0.29) is 11.0 Å². The fourth-order valence-corrected chi connectivity index (χ4v) is 10.2. The molecule has 0 amide bonds. The van der Waals surface area contributed by atoms with Gasteiger partial charge in [0.05, 0.1) is 16.4 Å². The molecule has 0 radical (unpaired) electrons. The first-order valence-electron chi connectivity index (χ1n) is 20.2. The summed E-state index contributed by atoms with van der Waals surface area (Å²) in [6, 6.07) is 40.6. The van der Waals surface area contributed by atoms with Gasteiger partial charge in [0.25, 0.3) is 0 Å². The largest absolute Gasteiger partial charge is 0.455 e. The van der Waals surface area contributed by atoms with Crippen LogP contribution in [0.2, 0.25) is 0 Å². The summed E-state index contributed by atoms with van der Waals surface area (Å²) < 4.78 is 11.8. The van der Waals surface area contributed by atoms with E-state index < -0.39 is 0 Å². The summed E-state index contributed by atoms with van der Waals surface area (Å²) in [6.45, 7) is 14.3. The number of para-hydroxylation sites is 1. The second-order valence-electron chi connectivity index (χ2n) is 16.2. The molecule has 0 fully saturated rings. The van der Waals surface area contributed by atoms with E-state index in [1.807, 2.05) is 0 Å². The Balaban J connectivity index is 1.32. The minimum atomic E-state index is -0.220. The van der Waals surface area contributed by atoms with E-state index in [4.69, 9.17) is 4.42 Å². The van der Waals surface area contributed by atoms with Crippen molar-refractivity contribution in [2.75, 3.05) is 0 Å². The highest BCUT2D eigenvalue weighted by atomic mass is 16.3. The van der Waals surface area contributed by atoms with Crippen LogP contribution in [-0.4, -0.2) is 0 Å². The lowest BCUT2D eigenvalue weighted by Crippen LogP contribution is -2.69. The molecule has 4 aromatic carbocycles. The van der Waals surface area contributed by atoms with Gasteiger partial charge in [-0.2, -0.15) is 8.97 Å². The Labute approximate surface area is 319 Å². The number of nitrogens with zero attached hydrogens (tertiary/aromatic N) is 2. The second kappa shape index (κ2) is 13.2. The van der Waals surface area contributed by atoms with Crippen molar-refractivity contribution in [1.82, 2.24) is 0 Å². The van der Waals surface area contributed by atoms with Crippen LogP contribution in [-0.2, 0) is 17.4 Å². The van der Waals surface area contributed by atoms with E-state index >= 15 is 0 Å². The van der Waals surface area contributed by atoms with Crippen LogP contribution in [0, 0.1) is 6.92 Å². The summed E-state index contributed by atoms with van der Waals surface area (Å²) in [5, 5.41) is 4.81.